The van der Waals surface area contributed by atoms with Gasteiger partial charge in [-0.1, -0.05) is 39.5 Å². The molecule has 1 heterocycles. The van der Waals surface area contributed by atoms with Gasteiger partial charge in [-0.3, -0.25) is 4.99 Å². The maximum absolute atomic E-state index is 6.06. The summed E-state index contributed by atoms with van der Waals surface area (Å²) >= 11 is 0. The summed E-state index contributed by atoms with van der Waals surface area (Å²) in [6, 6.07) is 0.445. The first-order valence-corrected chi connectivity index (χ1v) is 10.4. The van der Waals surface area contributed by atoms with E-state index in [0.717, 1.165) is 38.7 Å². The molecule has 2 saturated carbocycles. The number of nitrogens with one attached hydrogen (secondary N) is 2. The topological polar surface area (TPSA) is 54.9 Å². The molecule has 2 N–H and O–H groups in total. The Bertz CT molecular complexity index is 444. The fourth-order valence-corrected chi connectivity index (χ4v) is 4.87. The average molecular weight is 352 g/mol. The largest absolute Gasteiger partial charge is 0.377 e. The smallest absolute Gasteiger partial charge is 0.191 e. The number of nitrogens with zero attached hydrogens (tertiary/aromatic N) is 1. The molecule has 3 rings (SSSR count). The van der Waals surface area contributed by atoms with Crippen molar-refractivity contribution in [2.45, 2.75) is 84.0 Å². The highest BCUT2D eigenvalue weighted by molar-refractivity contribution is 5.80. The standard InChI is InChI=1S/C20H37N3O2/c1-4-21-19(22-12-14-24-15-9-7-5-6-8-10-15)23-17-16-11-13-25-18(16)20(17,2)3/h15-18H,4-14H2,1-3H3,(H2,21,22,23). The molecular formula is C20H37N3O2. The van der Waals surface area contributed by atoms with E-state index in [2.05, 4.69) is 31.4 Å². The van der Waals surface area contributed by atoms with E-state index in [9.17, 15) is 0 Å². The first-order chi connectivity index (χ1) is 12.1. The number of guanidine groups is 1. The van der Waals surface area contributed by atoms with E-state index in [1.807, 2.05) is 0 Å². The number of hydrogen-bond acceptors (Lipinski definition) is 3. The molecule has 0 amide bonds. The highest BCUT2D eigenvalue weighted by atomic mass is 16.5. The summed E-state index contributed by atoms with van der Waals surface area (Å²) in [4.78, 5) is 4.75. The summed E-state index contributed by atoms with van der Waals surface area (Å²) in [6.07, 6.45) is 9.85. The molecule has 3 unspecified atom stereocenters. The summed E-state index contributed by atoms with van der Waals surface area (Å²) in [5.74, 6) is 1.55. The molecule has 5 nitrogen and oxygen atoms in total. The molecule has 2 aliphatic carbocycles. The first kappa shape index (κ1) is 19.0. The molecule has 3 atom stereocenters. The van der Waals surface area contributed by atoms with Crippen LogP contribution in [-0.2, 0) is 9.47 Å². The van der Waals surface area contributed by atoms with Crippen LogP contribution in [0, 0.1) is 11.3 Å². The Hall–Kier alpha value is -0.810. The van der Waals surface area contributed by atoms with E-state index in [1.54, 1.807) is 0 Å². The number of hydrogen-bond donors (Lipinski definition) is 2. The summed E-state index contributed by atoms with van der Waals surface area (Å²) < 4.78 is 12.0. The van der Waals surface area contributed by atoms with Gasteiger partial charge in [0, 0.05) is 30.5 Å². The molecule has 0 aromatic carbocycles. The highest BCUT2D eigenvalue weighted by Gasteiger charge is 2.59. The van der Waals surface area contributed by atoms with Gasteiger partial charge in [-0.25, -0.2) is 0 Å². The van der Waals surface area contributed by atoms with E-state index in [4.69, 9.17) is 14.5 Å². The molecule has 3 fully saturated rings. The molecule has 0 aromatic heterocycles. The molecular weight excluding hydrogens is 314 g/mol. The van der Waals surface area contributed by atoms with E-state index in [0.29, 0.717) is 24.2 Å². The predicted octanol–water partition coefficient (Wildman–Crippen LogP) is 3.09. The molecule has 144 valence electrons. The Kier molecular flexibility index (Phi) is 6.61. The van der Waals surface area contributed by atoms with Crippen LogP contribution >= 0.6 is 0 Å². The molecule has 0 spiro atoms. The van der Waals surface area contributed by atoms with Gasteiger partial charge in [-0.05, 0) is 26.2 Å². The Morgan fingerprint density at radius 2 is 1.92 bits per heavy atom. The third-order valence-electron chi connectivity index (χ3n) is 6.25. The van der Waals surface area contributed by atoms with Crippen molar-refractivity contribution in [3.63, 3.8) is 0 Å². The SMILES string of the molecule is CCNC(=NCCOC1CCCCCC1)NC1C2CCOC2C1(C)C. The molecule has 0 bridgehead atoms. The summed E-state index contributed by atoms with van der Waals surface area (Å²) in [5.41, 5.74) is 0.175. The second kappa shape index (κ2) is 8.72. The van der Waals surface area contributed by atoms with Crippen LogP contribution < -0.4 is 10.6 Å². The molecule has 1 saturated heterocycles. The summed E-state index contributed by atoms with van der Waals surface area (Å²) in [5, 5.41) is 7.06. The van der Waals surface area contributed by atoms with Crippen molar-refractivity contribution >= 4 is 5.96 Å². The predicted molar refractivity (Wildman–Crippen MR) is 102 cm³/mol. The van der Waals surface area contributed by atoms with E-state index in [1.165, 1.54) is 38.5 Å². The number of ether oxygens (including phenoxy) is 2. The quantitative estimate of drug-likeness (QED) is 0.334. The zero-order valence-electron chi connectivity index (χ0n) is 16.4. The normalized spacial score (nSPS) is 32.6. The van der Waals surface area contributed by atoms with Crippen molar-refractivity contribution in [1.29, 1.82) is 0 Å². The summed E-state index contributed by atoms with van der Waals surface area (Å²) in [6.45, 7) is 9.96. The lowest BCUT2D eigenvalue weighted by Gasteiger charge is -2.54. The van der Waals surface area contributed by atoms with Gasteiger partial charge < -0.3 is 20.1 Å². The van der Waals surface area contributed by atoms with Gasteiger partial charge in [-0.2, -0.15) is 0 Å². The van der Waals surface area contributed by atoms with Crippen molar-refractivity contribution in [2.24, 2.45) is 16.3 Å². The Labute approximate surface area is 153 Å². The van der Waals surface area contributed by atoms with E-state index < -0.39 is 0 Å². The average Bonchev–Trinajstić information content (AvgIpc) is 2.90. The Morgan fingerprint density at radius 3 is 2.64 bits per heavy atom. The van der Waals surface area contributed by atoms with Crippen molar-refractivity contribution in [1.82, 2.24) is 10.6 Å². The highest BCUT2D eigenvalue weighted by Crippen LogP contribution is 2.52. The zero-order valence-corrected chi connectivity index (χ0v) is 16.4. The number of aliphatic imine (C=N–C) groups is 1. The van der Waals surface area contributed by atoms with Crippen molar-refractivity contribution in [3.05, 3.63) is 0 Å². The van der Waals surface area contributed by atoms with Crippen molar-refractivity contribution < 1.29 is 9.47 Å². The fraction of sp³-hybridized carbons (Fsp3) is 0.950. The molecule has 0 radical (unpaired) electrons. The third-order valence-corrected chi connectivity index (χ3v) is 6.25. The minimum atomic E-state index is 0.175. The molecule has 3 aliphatic rings. The van der Waals surface area contributed by atoms with Crippen molar-refractivity contribution in [3.8, 4) is 0 Å². The molecule has 1 aliphatic heterocycles. The maximum Gasteiger partial charge on any atom is 0.191 e. The lowest BCUT2D eigenvalue weighted by atomic mass is 9.57. The molecule has 5 heteroatoms. The van der Waals surface area contributed by atoms with E-state index in [-0.39, 0.29) is 5.41 Å². The van der Waals surface area contributed by atoms with Crippen LogP contribution in [0.3, 0.4) is 0 Å². The van der Waals surface area contributed by atoms with Gasteiger partial charge in [0.25, 0.3) is 0 Å². The van der Waals surface area contributed by atoms with E-state index >= 15 is 0 Å². The van der Waals surface area contributed by atoms with Crippen LogP contribution in [0.15, 0.2) is 4.99 Å². The second-order valence-electron chi connectivity index (χ2n) is 8.43. The molecule has 0 aromatic rings. The monoisotopic (exact) mass is 351 g/mol. The minimum absolute atomic E-state index is 0.175. The van der Waals surface area contributed by atoms with Gasteiger partial charge >= 0.3 is 0 Å². The lowest BCUT2D eigenvalue weighted by molar-refractivity contribution is -0.106. The maximum atomic E-state index is 6.06. The van der Waals surface area contributed by atoms with Crippen LogP contribution in [0.1, 0.15) is 65.7 Å². The van der Waals surface area contributed by atoms with Crippen LogP contribution in [0.5, 0.6) is 0 Å². The van der Waals surface area contributed by atoms with Gasteiger partial charge in [-0.15, -0.1) is 0 Å². The third kappa shape index (κ3) is 4.48. The first-order valence-electron chi connectivity index (χ1n) is 10.4. The van der Waals surface area contributed by atoms with Crippen LogP contribution in [-0.4, -0.2) is 50.5 Å². The van der Waals surface area contributed by atoms with Crippen LogP contribution in [0.2, 0.25) is 0 Å². The van der Waals surface area contributed by atoms with Crippen molar-refractivity contribution in [2.75, 3.05) is 26.3 Å². The molecule has 25 heavy (non-hydrogen) atoms. The second-order valence-corrected chi connectivity index (χ2v) is 8.43. The lowest BCUT2D eigenvalue weighted by Crippen LogP contribution is -2.68. The minimum Gasteiger partial charge on any atom is -0.377 e. The van der Waals surface area contributed by atoms with Crippen LogP contribution in [0.25, 0.3) is 0 Å². The van der Waals surface area contributed by atoms with Crippen LogP contribution in [0.4, 0.5) is 0 Å². The zero-order chi connectivity index (χ0) is 17.7. The van der Waals surface area contributed by atoms with Gasteiger partial charge in [0.05, 0.1) is 25.4 Å². The van der Waals surface area contributed by atoms with Gasteiger partial charge in [0.2, 0.25) is 0 Å². The Morgan fingerprint density at radius 1 is 1.16 bits per heavy atom. The number of fused-ring (bicyclic) bond motifs is 1. The van der Waals surface area contributed by atoms with Gasteiger partial charge in [0.1, 0.15) is 0 Å². The number of rotatable bonds is 6. The summed E-state index contributed by atoms with van der Waals surface area (Å²) in [7, 11) is 0. The Balaban J connectivity index is 1.46. The fourth-order valence-electron chi connectivity index (χ4n) is 4.87. The van der Waals surface area contributed by atoms with Gasteiger partial charge in [0.15, 0.2) is 5.96 Å².